The van der Waals surface area contributed by atoms with Crippen LogP contribution in [-0.2, 0) is 14.4 Å². The number of benzene rings is 3. The van der Waals surface area contributed by atoms with Crippen LogP contribution in [0.3, 0.4) is 0 Å². The van der Waals surface area contributed by atoms with Crippen LogP contribution in [0.15, 0.2) is 82.6 Å². The largest absolute Gasteiger partial charge is 0.497 e. The number of H-pyrrole nitrogens is 1. The van der Waals surface area contributed by atoms with E-state index in [1.807, 2.05) is 43.3 Å². The molecule has 2 aliphatic heterocycles. The number of nitrogens with zero attached hydrogens (tertiary/aromatic N) is 1. The fourth-order valence-corrected chi connectivity index (χ4v) is 7.72. The van der Waals surface area contributed by atoms with E-state index < -0.39 is 17.1 Å². The molecule has 2 unspecified atom stereocenters. The molecule has 9 nitrogen and oxygen atoms in total. The maximum absolute atomic E-state index is 13.8. The molecule has 4 aromatic rings. The first-order valence-corrected chi connectivity index (χ1v) is 14.5. The molecule has 3 heterocycles. The lowest BCUT2D eigenvalue weighted by atomic mass is 9.83. The Hall–Kier alpha value is -4.35. The number of methoxy groups -OCH3 is 1. The number of rotatable bonds is 7. The van der Waals surface area contributed by atoms with Crippen LogP contribution >= 0.6 is 23.1 Å². The van der Waals surface area contributed by atoms with Gasteiger partial charge in [0.1, 0.15) is 16.7 Å². The van der Waals surface area contributed by atoms with Gasteiger partial charge >= 0.3 is 4.87 Å². The fraction of sp³-hybridized carbons (Fsp3) is 0.200. The summed E-state index contributed by atoms with van der Waals surface area (Å²) in [5.74, 6) is -1.03. The number of anilines is 2. The number of aromatic nitrogens is 1. The van der Waals surface area contributed by atoms with Crippen molar-refractivity contribution in [2.75, 3.05) is 23.9 Å². The highest BCUT2D eigenvalue weighted by Crippen LogP contribution is 2.53. The Balaban J connectivity index is 1.24. The summed E-state index contributed by atoms with van der Waals surface area (Å²) in [6.07, 6.45) is 0. The van der Waals surface area contributed by atoms with Crippen molar-refractivity contribution in [3.8, 4) is 11.5 Å². The number of nitrogens with one attached hydrogen (secondary N) is 2. The van der Waals surface area contributed by atoms with Crippen molar-refractivity contribution >= 4 is 52.2 Å². The van der Waals surface area contributed by atoms with Gasteiger partial charge in [-0.2, -0.15) is 0 Å². The number of thiazole rings is 1. The van der Waals surface area contributed by atoms with Gasteiger partial charge in [0, 0.05) is 16.5 Å². The predicted molar refractivity (Wildman–Crippen MR) is 157 cm³/mol. The highest BCUT2D eigenvalue weighted by Gasteiger charge is 2.56. The van der Waals surface area contributed by atoms with Crippen molar-refractivity contribution in [3.63, 3.8) is 0 Å². The molecule has 0 saturated carbocycles. The third kappa shape index (κ3) is 5.14. The minimum absolute atomic E-state index is 0.175. The zero-order valence-electron chi connectivity index (χ0n) is 22.1. The molecular weight excluding hydrogens is 562 g/mol. The summed E-state index contributed by atoms with van der Waals surface area (Å²) < 4.78 is 10.9. The average molecular weight is 588 g/mol. The van der Waals surface area contributed by atoms with Crippen LogP contribution in [0.5, 0.6) is 11.5 Å². The summed E-state index contributed by atoms with van der Waals surface area (Å²) in [6, 6.07) is 21.3. The van der Waals surface area contributed by atoms with Gasteiger partial charge in [0.2, 0.25) is 11.8 Å². The van der Waals surface area contributed by atoms with E-state index in [9.17, 15) is 19.2 Å². The van der Waals surface area contributed by atoms with Crippen molar-refractivity contribution in [1.29, 1.82) is 0 Å². The Labute approximate surface area is 243 Å². The van der Waals surface area contributed by atoms with Crippen molar-refractivity contribution < 1.29 is 23.9 Å². The van der Waals surface area contributed by atoms with Crippen molar-refractivity contribution in [2.45, 2.75) is 23.1 Å². The summed E-state index contributed by atoms with van der Waals surface area (Å²) in [4.78, 5) is 56.6. The highest BCUT2D eigenvalue weighted by atomic mass is 32.2. The van der Waals surface area contributed by atoms with Crippen LogP contribution in [0.4, 0.5) is 11.4 Å². The lowest BCUT2D eigenvalue weighted by Gasteiger charge is -2.29. The van der Waals surface area contributed by atoms with Crippen LogP contribution in [0.2, 0.25) is 0 Å². The molecule has 41 heavy (non-hydrogen) atoms. The molecule has 2 N–H and O–H groups in total. The summed E-state index contributed by atoms with van der Waals surface area (Å²) in [5.41, 5.74) is 2.97. The third-order valence-corrected chi connectivity index (χ3v) is 9.47. The number of imide groups is 1. The van der Waals surface area contributed by atoms with E-state index in [1.54, 1.807) is 43.5 Å². The van der Waals surface area contributed by atoms with E-state index in [0.29, 0.717) is 27.9 Å². The SMILES string of the molecule is COc1ccc(N2C(=O)C3Sc4[nH]c(=O)sc4[C@H](c4ccc(OCC(=O)Nc5cccc(C)c5)cc4)C3C2=O)cc1. The minimum Gasteiger partial charge on any atom is -0.497 e. The Bertz CT molecular complexity index is 1700. The second kappa shape index (κ2) is 10.9. The number of fused-ring (bicyclic) bond motifs is 2. The molecule has 1 fully saturated rings. The van der Waals surface area contributed by atoms with E-state index >= 15 is 0 Å². The van der Waals surface area contributed by atoms with E-state index in [1.165, 1.54) is 16.7 Å². The third-order valence-electron chi connectivity index (χ3n) is 7.07. The van der Waals surface area contributed by atoms with Crippen LogP contribution in [0.1, 0.15) is 21.9 Å². The molecule has 3 atom stereocenters. The molecule has 3 amide bonds. The van der Waals surface area contributed by atoms with E-state index in [0.717, 1.165) is 27.3 Å². The van der Waals surface area contributed by atoms with Gasteiger partial charge in [-0.05, 0) is 66.6 Å². The van der Waals surface area contributed by atoms with Gasteiger partial charge in [-0.1, -0.05) is 47.4 Å². The maximum Gasteiger partial charge on any atom is 0.305 e. The molecular formula is C30H25N3O6S2. The molecule has 2 aliphatic rings. The summed E-state index contributed by atoms with van der Waals surface area (Å²) in [5, 5.41) is 2.73. The van der Waals surface area contributed by atoms with E-state index in [2.05, 4.69) is 10.3 Å². The van der Waals surface area contributed by atoms with Crippen LogP contribution < -0.4 is 24.6 Å². The average Bonchev–Trinajstić information content (AvgIpc) is 3.46. The van der Waals surface area contributed by atoms with Gasteiger partial charge < -0.3 is 19.8 Å². The zero-order chi connectivity index (χ0) is 28.7. The number of carbonyl (C=O) groups excluding carboxylic acids is 3. The maximum atomic E-state index is 13.8. The molecule has 1 saturated heterocycles. The predicted octanol–water partition coefficient (Wildman–Crippen LogP) is 4.57. The number of hydrogen-bond donors (Lipinski definition) is 2. The van der Waals surface area contributed by atoms with Gasteiger partial charge in [0.05, 0.1) is 23.7 Å². The molecule has 0 bridgehead atoms. The standard InChI is InChI=1S/C30H25N3O6S2/c1-16-4-3-5-18(14-16)31-22(34)15-39-21-10-6-17(7-11-21)23-24-26(40-27-25(23)41-30(37)32-27)29(36)33(28(24)35)19-8-12-20(38-2)13-9-19/h3-14,23-24,26H,15H2,1-2H3,(H,31,34)(H,32,37)/t23-,24?,26?/m1/s1. The van der Waals surface area contributed by atoms with Gasteiger partial charge in [0.15, 0.2) is 6.61 Å². The van der Waals surface area contributed by atoms with Crippen molar-refractivity contribution in [1.82, 2.24) is 4.98 Å². The number of thioether (sulfide) groups is 1. The number of amides is 3. The van der Waals surface area contributed by atoms with Crippen molar-refractivity contribution in [2.24, 2.45) is 5.92 Å². The molecule has 0 aliphatic carbocycles. The summed E-state index contributed by atoms with van der Waals surface area (Å²) >= 11 is 2.28. The number of ether oxygens (including phenoxy) is 2. The molecule has 0 spiro atoms. The first-order chi connectivity index (χ1) is 19.8. The molecule has 208 valence electrons. The number of aryl methyl sites for hydroxylation is 1. The molecule has 6 rings (SSSR count). The number of carbonyl (C=O) groups is 3. The fourth-order valence-electron chi connectivity index (χ4n) is 5.20. The topological polar surface area (TPSA) is 118 Å². The summed E-state index contributed by atoms with van der Waals surface area (Å²) in [6.45, 7) is 1.77. The first kappa shape index (κ1) is 26.9. The van der Waals surface area contributed by atoms with Crippen LogP contribution in [0, 0.1) is 12.8 Å². The number of aromatic amines is 1. The smallest absolute Gasteiger partial charge is 0.305 e. The van der Waals surface area contributed by atoms with Crippen LogP contribution in [-0.4, -0.2) is 41.7 Å². The normalized spacial score (nSPS) is 19.5. The molecule has 3 aromatic carbocycles. The van der Waals surface area contributed by atoms with Gasteiger partial charge in [-0.25, -0.2) is 4.90 Å². The Kier molecular flexibility index (Phi) is 7.14. The van der Waals surface area contributed by atoms with Crippen molar-refractivity contribution in [3.05, 3.63) is 98.5 Å². The quantitative estimate of drug-likeness (QED) is 0.304. The Morgan fingerprint density at radius 3 is 2.41 bits per heavy atom. The molecule has 11 heteroatoms. The second-order valence-electron chi connectivity index (χ2n) is 9.74. The number of hydrogen-bond acceptors (Lipinski definition) is 8. The highest BCUT2D eigenvalue weighted by molar-refractivity contribution is 8.00. The lowest BCUT2D eigenvalue weighted by molar-refractivity contribution is -0.122. The van der Waals surface area contributed by atoms with E-state index in [4.69, 9.17) is 9.47 Å². The van der Waals surface area contributed by atoms with Crippen LogP contribution in [0.25, 0.3) is 0 Å². The monoisotopic (exact) mass is 587 g/mol. The summed E-state index contributed by atoms with van der Waals surface area (Å²) in [7, 11) is 1.55. The Morgan fingerprint density at radius 1 is 0.976 bits per heavy atom. The Morgan fingerprint density at radius 2 is 1.71 bits per heavy atom. The first-order valence-electron chi connectivity index (χ1n) is 12.8. The van der Waals surface area contributed by atoms with E-state index in [-0.39, 0.29) is 29.2 Å². The zero-order valence-corrected chi connectivity index (χ0v) is 23.7. The van der Waals surface area contributed by atoms with Gasteiger partial charge in [0.25, 0.3) is 5.91 Å². The second-order valence-corrected chi connectivity index (χ2v) is 11.9. The molecule has 0 radical (unpaired) electrons. The van der Waals surface area contributed by atoms with Gasteiger partial charge in [-0.15, -0.1) is 0 Å². The minimum atomic E-state index is -0.694. The molecule has 1 aromatic heterocycles. The van der Waals surface area contributed by atoms with Gasteiger partial charge in [-0.3, -0.25) is 19.2 Å². The lowest BCUT2D eigenvalue weighted by Crippen LogP contribution is -2.32.